The van der Waals surface area contributed by atoms with Crippen molar-refractivity contribution in [2.75, 3.05) is 18.4 Å². The number of aryl methyl sites for hydroxylation is 2. The Hall–Kier alpha value is -2.79. The van der Waals surface area contributed by atoms with Crippen molar-refractivity contribution < 1.29 is 0 Å². The third-order valence-electron chi connectivity index (χ3n) is 5.32. The van der Waals surface area contributed by atoms with Crippen LogP contribution in [0, 0.1) is 13.8 Å². The lowest BCUT2D eigenvalue weighted by Crippen LogP contribution is -2.34. The fourth-order valence-electron chi connectivity index (χ4n) is 3.89. The molecule has 1 N–H and O–H groups in total. The zero-order valence-electron chi connectivity index (χ0n) is 16.6. The highest BCUT2D eigenvalue weighted by Gasteiger charge is 2.23. The van der Waals surface area contributed by atoms with Crippen molar-refractivity contribution in [1.82, 2.24) is 19.9 Å². The number of likely N-dealkylation sites (tertiary alicyclic amines) is 1. The molecule has 0 spiro atoms. The fourth-order valence-corrected chi connectivity index (χ4v) is 3.89. The Bertz CT molecular complexity index is 940. The van der Waals surface area contributed by atoms with Crippen LogP contribution in [0.5, 0.6) is 0 Å². The summed E-state index contributed by atoms with van der Waals surface area (Å²) in [5, 5.41) is 3.31. The van der Waals surface area contributed by atoms with E-state index in [1.807, 2.05) is 25.3 Å². The molecule has 0 amide bonds. The molecule has 1 aliphatic rings. The Morgan fingerprint density at radius 1 is 1.14 bits per heavy atom. The van der Waals surface area contributed by atoms with Gasteiger partial charge in [0.2, 0.25) is 0 Å². The highest BCUT2D eigenvalue weighted by Crippen LogP contribution is 2.27. The van der Waals surface area contributed by atoms with Crippen molar-refractivity contribution in [1.29, 1.82) is 0 Å². The molecule has 28 heavy (non-hydrogen) atoms. The number of hydrogen-bond acceptors (Lipinski definition) is 5. The van der Waals surface area contributed by atoms with Crippen molar-refractivity contribution in [3.63, 3.8) is 0 Å². The van der Waals surface area contributed by atoms with Crippen LogP contribution in [0.25, 0.3) is 0 Å². The van der Waals surface area contributed by atoms with Gasteiger partial charge in [0.15, 0.2) is 0 Å². The first-order valence-corrected chi connectivity index (χ1v) is 9.96. The molecule has 0 aliphatic carbocycles. The second-order valence-electron chi connectivity index (χ2n) is 7.69. The summed E-state index contributed by atoms with van der Waals surface area (Å²) in [5.41, 5.74) is 4.86. The zero-order chi connectivity index (χ0) is 19.3. The summed E-state index contributed by atoms with van der Waals surface area (Å²) in [4.78, 5) is 16.2. The van der Waals surface area contributed by atoms with Crippen molar-refractivity contribution in [3.05, 3.63) is 77.4 Å². The molecule has 0 bridgehead atoms. The Balaban J connectivity index is 1.45. The van der Waals surface area contributed by atoms with Gasteiger partial charge in [0.1, 0.15) is 11.6 Å². The number of nitrogens with one attached hydrogen (secondary N) is 1. The van der Waals surface area contributed by atoms with E-state index in [9.17, 15) is 0 Å². The maximum Gasteiger partial charge on any atom is 0.150 e. The minimum atomic E-state index is 0.414. The van der Waals surface area contributed by atoms with Crippen LogP contribution >= 0.6 is 0 Å². The lowest BCUT2D eigenvalue weighted by atomic mass is 9.94. The standard InChI is InChI=1S/C23H27N5/c1-17-6-3-8-19(12-17)15-28-11-5-9-20(16-28)21-13-24-14-22(26-21)27-23-18(2)7-4-10-25-23/h3-4,6-8,10,12-14,20H,5,9,11,15-16H2,1-2H3,(H,25,26,27)/t20-/m0/s1. The normalized spacial score (nSPS) is 17.4. The minimum absolute atomic E-state index is 0.414. The molecule has 5 heteroatoms. The number of aromatic nitrogens is 3. The molecule has 1 fully saturated rings. The van der Waals surface area contributed by atoms with E-state index in [-0.39, 0.29) is 0 Å². The molecule has 0 saturated carbocycles. The first-order chi connectivity index (χ1) is 13.7. The van der Waals surface area contributed by atoms with E-state index in [0.29, 0.717) is 5.92 Å². The van der Waals surface area contributed by atoms with Gasteiger partial charge in [-0.25, -0.2) is 9.97 Å². The van der Waals surface area contributed by atoms with Crippen LogP contribution < -0.4 is 5.32 Å². The molecule has 144 valence electrons. The largest absolute Gasteiger partial charge is 0.323 e. The van der Waals surface area contributed by atoms with Gasteiger partial charge in [0, 0.05) is 31.4 Å². The van der Waals surface area contributed by atoms with Gasteiger partial charge in [-0.05, 0) is 50.4 Å². The average Bonchev–Trinajstić information content (AvgIpc) is 2.70. The SMILES string of the molecule is Cc1cccc(CN2CCC[C@H](c3cncc(Nc4ncccc4C)n3)C2)c1. The van der Waals surface area contributed by atoms with E-state index in [1.165, 1.54) is 17.5 Å². The third-order valence-corrected chi connectivity index (χ3v) is 5.32. The number of rotatable bonds is 5. The Morgan fingerprint density at radius 2 is 2.07 bits per heavy atom. The Morgan fingerprint density at radius 3 is 2.93 bits per heavy atom. The summed E-state index contributed by atoms with van der Waals surface area (Å²) in [6.07, 6.45) is 7.82. The fraction of sp³-hybridized carbons (Fsp3) is 0.348. The highest BCUT2D eigenvalue weighted by atomic mass is 15.1. The van der Waals surface area contributed by atoms with Crippen LogP contribution in [0.1, 0.15) is 41.1 Å². The number of anilines is 2. The van der Waals surface area contributed by atoms with E-state index in [2.05, 4.69) is 51.4 Å². The molecule has 3 heterocycles. The maximum atomic E-state index is 4.85. The molecular formula is C23H27N5. The van der Waals surface area contributed by atoms with E-state index in [0.717, 1.165) is 48.9 Å². The van der Waals surface area contributed by atoms with E-state index >= 15 is 0 Å². The molecule has 1 aromatic carbocycles. The first-order valence-electron chi connectivity index (χ1n) is 9.96. The van der Waals surface area contributed by atoms with Crippen molar-refractivity contribution >= 4 is 11.6 Å². The van der Waals surface area contributed by atoms with Crippen LogP contribution in [-0.2, 0) is 6.54 Å². The Labute approximate surface area is 166 Å². The van der Waals surface area contributed by atoms with Crippen molar-refractivity contribution in [2.24, 2.45) is 0 Å². The smallest absolute Gasteiger partial charge is 0.150 e. The number of benzene rings is 1. The number of pyridine rings is 1. The summed E-state index contributed by atoms with van der Waals surface area (Å²) in [5.74, 6) is 2.01. The molecule has 1 aliphatic heterocycles. The second-order valence-corrected chi connectivity index (χ2v) is 7.69. The summed E-state index contributed by atoms with van der Waals surface area (Å²) in [7, 11) is 0. The highest BCUT2D eigenvalue weighted by molar-refractivity contribution is 5.54. The topological polar surface area (TPSA) is 53.9 Å². The van der Waals surface area contributed by atoms with E-state index < -0.39 is 0 Å². The molecule has 5 nitrogen and oxygen atoms in total. The predicted molar refractivity (Wildman–Crippen MR) is 113 cm³/mol. The van der Waals surface area contributed by atoms with Gasteiger partial charge in [0.05, 0.1) is 11.9 Å². The number of piperidine rings is 1. The van der Waals surface area contributed by atoms with Crippen LogP contribution in [0.3, 0.4) is 0 Å². The zero-order valence-corrected chi connectivity index (χ0v) is 16.6. The van der Waals surface area contributed by atoms with Crippen LogP contribution in [0.2, 0.25) is 0 Å². The molecule has 1 saturated heterocycles. The number of hydrogen-bond donors (Lipinski definition) is 1. The predicted octanol–water partition coefficient (Wildman–Crippen LogP) is 4.61. The van der Waals surface area contributed by atoms with Crippen LogP contribution in [-0.4, -0.2) is 32.9 Å². The van der Waals surface area contributed by atoms with Crippen molar-refractivity contribution in [3.8, 4) is 0 Å². The maximum absolute atomic E-state index is 4.85. The van der Waals surface area contributed by atoms with Crippen molar-refractivity contribution in [2.45, 2.75) is 39.2 Å². The summed E-state index contributed by atoms with van der Waals surface area (Å²) in [6.45, 7) is 7.35. The molecule has 0 radical (unpaired) electrons. The molecule has 2 aromatic heterocycles. The summed E-state index contributed by atoms with van der Waals surface area (Å²) in [6, 6.07) is 12.8. The quantitative estimate of drug-likeness (QED) is 0.708. The van der Waals surface area contributed by atoms with Gasteiger partial charge >= 0.3 is 0 Å². The molecule has 0 unspecified atom stereocenters. The molecular weight excluding hydrogens is 346 g/mol. The third kappa shape index (κ3) is 4.54. The molecule has 1 atom stereocenters. The second kappa shape index (κ2) is 8.48. The van der Waals surface area contributed by atoms with Gasteiger partial charge in [-0.3, -0.25) is 9.88 Å². The summed E-state index contributed by atoms with van der Waals surface area (Å²) < 4.78 is 0. The van der Waals surface area contributed by atoms with Crippen LogP contribution in [0.4, 0.5) is 11.6 Å². The summed E-state index contributed by atoms with van der Waals surface area (Å²) >= 11 is 0. The van der Waals surface area contributed by atoms with E-state index in [4.69, 9.17) is 4.98 Å². The van der Waals surface area contributed by atoms with Crippen LogP contribution in [0.15, 0.2) is 55.0 Å². The van der Waals surface area contributed by atoms with Gasteiger partial charge in [-0.15, -0.1) is 0 Å². The average molecular weight is 374 g/mol. The van der Waals surface area contributed by atoms with Gasteiger partial charge in [-0.2, -0.15) is 0 Å². The lowest BCUT2D eigenvalue weighted by Gasteiger charge is -2.32. The van der Waals surface area contributed by atoms with Gasteiger partial charge < -0.3 is 5.32 Å². The molecule has 4 rings (SSSR count). The number of nitrogens with zero attached hydrogens (tertiary/aromatic N) is 4. The monoisotopic (exact) mass is 373 g/mol. The Kier molecular flexibility index (Phi) is 5.63. The van der Waals surface area contributed by atoms with Gasteiger partial charge in [-0.1, -0.05) is 35.9 Å². The van der Waals surface area contributed by atoms with E-state index in [1.54, 1.807) is 12.4 Å². The minimum Gasteiger partial charge on any atom is -0.323 e. The molecule has 3 aromatic rings. The van der Waals surface area contributed by atoms with Gasteiger partial charge in [0.25, 0.3) is 0 Å². The lowest BCUT2D eigenvalue weighted by molar-refractivity contribution is 0.198. The first kappa shape index (κ1) is 18.6.